The predicted molar refractivity (Wildman–Crippen MR) is 74.9 cm³/mol. The Bertz CT molecular complexity index is 420. The maximum Gasteiger partial charge on any atom is 0.480 e. The largest absolute Gasteiger partial charge is 0.480 e. The number of halogens is 1. The molecule has 2 rings (SSSR count). The highest BCUT2D eigenvalue weighted by Gasteiger charge is 2.53. The Kier molecular flexibility index (Phi) is 3.57. The fourth-order valence-electron chi connectivity index (χ4n) is 1.78. The lowest BCUT2D eigenvalue weighted by Crippen LogP contribution is -2.41. The van der Waals surface area contributed by atoms with Crippen molar-refractivity contribution in [2.24, 2.45) is 5.73 Å². The van der Waals surface area contributed by atoms with Crippen LogP contribution in [0.15, 0.2) is 22.9 Å². The van der Waals surface area contributed by atoms with Gasteiger partial charge in [0, 0.05) is 6.20 Å². The molecule has 1 atom stereocenters. The van der Waals surface area contributed by atoms with Crippen molar-refractivity contribution >= 4 is 23.0 Å². The Morgan fingerprint density at radius 2 is 1.78 bits per heavy atom. The molecule has 0 amide bonds. The van der Waals surface area contributed by atoms with Gasteiger partial charge in [0.1, 0.15) is 4.60 Å². The number of aromatic nitrogens is 1. The molecule has 0 aromatic carbocycles. The average molecular weight is 313 g/mol. The minimum absolute atomic E-state index is 0.341. The van der Waals surface area contributed by atoms with Crippen LogP contribution >= 0.6 is 15.9 Å². The highest BCUT2D eigenvalue weighted by molar-refractivity contribution is 9.10. The molecule has 0 aliphatic carbocycles. The first-order chi connectivity index (χ1) is 8.23. The average Bonchev–Trinajstić information content (AvgIpc) is 2.48. The summed E-state index contributed by atoms with van der Waals surface area (Å²) in [6, 6.07) is 3.78. The summed E-state index contributed by atoms with van der Waals surface area (Å²) in [4.78, 5) is 4.17. The Labute approximate surface area is 117 Å². The SMILES string of the molecule is CC1(C)OB([C@@H](N)c2ccc(Br)nc2)OC1(C)C. The molecule has 0 spiro atoms. The zero-order valence-corrected chi connectivity index (χ0v) is 12.7. The van der Waals surface area contributed by atoms with Gasteiger partial charge in [0.05, 0.1) is 17.1 Å². The molecule has 18 heavy (non-hydrogen) atoms. The topological polar surface area (TPSA) is 57.4 Å². The maximum atomic E-state index is 6.19. The molecule has 1 aromatic rings. The lowest BCUT2D eigenvalue weighted by atomic mass is 9.75. The molecule has 0 unspecified atom stereocenters. The standard InChI is InChI=1S/C12H18BBrN2O2/c1-11(2)12(3,4)18-13(17-11)10(15)8-5-6-9(14)16-7-8/h5-7,10H,15H2,1-4H3/t10-/m0/s1. The molecule has 1 aliphatic heterocycles. The second-order valence-corrected chi connectivity index (χ2v) is 6.38. The first-order valence-electron chi connectivity index (χ1n) is 5.96. The molecule has 2 N–H and O–H groups in total. The van der Waals surface area contributed by atoms with E-state index in [-0.39, 0.29) is 17.1 Å². The van der Waals surface area contributed by atoms with Crippen molar-refractivity contribution in [1.29, 1.82) is 0 Å². The predicted octanol–water partition coefficient (Wildman–Crippen LogP) is 2.48. The summed E-state index contributed by atoms with van der Waals surface area (Å²) in [5, 5.41) is 0. The number of pyridine rings is 1. The highest BCUT2D eigenvalue weighted by atomic mass is 79.9. The van der Waals surface area contributed by atoms with Crippen LogP contribution in [0.1, 0.15) is 39.2 Å². The van der Waals surface area contributed by atoms with Gasteiger partial charge in [0.15, 0.2) is 0 Å². The van der Waals surface area contributed by atoms with Crippen LogP contribution in [-0.4, -0.2) is 23.3 Å². The minimum atomic E-state index is -0.446. The third-order valence-electron chi connectivity index (χ3n) is 3.70. The third-order valence-corrected chi connectivity index (χ3v) is 4.17. The summed E-state index contributed by atoms with van der Waals surface area (Å²) in [6.07, 6.45) is 1.74. The van der Waals surface area contributed by atoms with Crippen LogP contribution < -0.4 is 5.73 Å². The molecule has 2 heterocycles. The lowest BCUT2D eigenvalue weighted by molar-refractivity contribution is 0.00578. The van der Waals surface area contributed by atoms with E-state index < -0.39 is 7.12 Å². The van der Waals surface area contributed by atoms with Crippen molar-refractivity contribution in [3.8, 4) is 0 Å². The molecule has 1 aromatic heterocycles. The fourth-order valence-corrected chi connectivity index (χ4v) is 2.01. The van der Waals surface area contributed by atoms with Crippen molar-refractivity contribution < 1.29 is 9.31 Å². The number of hydrogen-bond donors (Lipinski definition) is 1. The van der Waals surface area contributed by atoms with Crippen LogP contribution in [0.3, 0.4) is 0 Å². The molecule has 0 saturated carbocycles. The molecule has 4 nitrogen and oxygen atoms in total. The number of nitrogens with two attached hydrogens (primary N) is 1. The van der Waals surface area contributed by atoms with Gasteiger partial charge in [-0.2, -0.15) is 0 Å². The molecule has 6 heteroatoms. The van der Waals surface area contributed by atoms with Gasteiger partial charge in [-0.15, -0.1) is 0 Å². The zero-order chi connectivity index (χ0) is 13.6. The lowest BCUT2D eigenvalue weighted by Gasteiger charge is -2.32. The van der Waals surface area contributed by atoms with Gasteiger partial charge in [-0.05, 0) is 55.3 Å². The second kappa shape index (κ2) is 4.60. The number of rotatable bonds is 2. The van der Waals surface area contributed by atoms with E-state index in [1.807, 2.05) is 39.8 Å². The Morgan fingerprint density at radius 3 is 2.22 bits per heavy atom. The van der Waals surface area contributed by atoms with E-state index in [1.54, 1.807) is 6.20 Å². The fraction of sp³-hybridized carbons (Fsp3) is 0.583. The van der Waals surface area contributed by atoms with Crippen molar-refractivity contribution in [3.05, 3.63) is 28.5 Å². The van der Waals surface area contributed by atoms with Crippen molar-refractivity contribution in [2.45, 2.75) is 44.8 Å². The summed E-state index contributed by atoms with van der Waals surface area (Å²) >= 11 is 3.30. The van der Waals surface area contributed by atoms with Crippen LogP contribution in [0.25, 0.3) is 0 Å². The molecule has 0 radical (unpaired) electrons. The van der Waals surface area contributed by atoms with Crippen LogP contribution in [0.5, 0.6) is 0 Å². The van der Waals surface area contributed by atoms with Crippen LogP contribution in [0.4, 0.5) is 0 Å². The van der Waals surface area contributed by atoms with Crippen molar-refractivity contribution in [2.75, 3.05) is 0 Å². The van der Waals surface area contributed by atoms with E-state index in [4.69, 9.17) is 15.0 Å². The number of hydrogen-bond acceptors (Lipinski definition) is 4. The van der Waals surface area contributed by atoms with Crippen LogP contribution in [-0.2, 0) is 9.31 Å². The smallest absolute Gasteiger partial charge is 0.402 e. The minimum Gasteiger partial charge on any atom is -0.402 e. The summed E-state index contributed by atoms with van der Waals surface area (Å²) in [6.45, 7) is 8.05. The normalized spacial score (nSPS) is 23.1. The zero-order valence-electron chi connectivity index (χ0n) is 11.1. The monoisotopic (exact) mass is 312 g/mol. The second-order valence-electron chi connectivity index (χ2n) is 5.56. The molecule has 98 valence electrons. The van der Waals surface area contributed by atoms with Gasteiger partial charge in [-0.3, -0.25) is 0 Å². The molecule has 1 fully saturated rings. The van der Waals surface area contributed by atoms with Crippen molar-refractivity contribution in [1.82, 2.24) is 4.98 Å². The van der Waals surface area contributed by atoms with Crippen LogP contribution in [0.2, 0.25) is 0 Å². The maximum absolute atomic E-state index is 6.19. The van der Waals surface area contributed by atoms with Gasteiger partial charge in [-0.1, -0.05) is 6.07 Å². The van der Waals surface area contributed by atoms with Gasteiger partial charge in [-0.25, -0.2) is 4.98 Å². The van der Waals surface area contributed by atoms with E-state index in [0.717, 1.165) is 10.2 Å². The van der Waals surface area contributed by atoms with Crippen molar-refractivity contribution in [3.63, 3.8) is 0 Å². The molecule has 1 aliphatic rings. The van der Waals surface area contributed by atoms with E-state index in [9.17, 15) is 0 Å². The summed E-state index contributed by atoms with van der Waals surface area (Å²) in [5.74, 6) is -0.341. The van der Waals surface area contributed by atoms with Gasteiger partial charge in [0.25, 0.3) is 0 Å². The molecular weight excluding hydrogens is 295 g/mol. The van der Waals surface area contributed by atoms with Gasteiger partial charge < -0.3 is 15.0 Å². The molecular formula is C12H18BBrN2O2. The summed E-state index contributed by atoms with van der Waals surface area (Å²) < 4.78 is 12.6. The van der Waals surface area contributed by atoms with Gasteiger partial charge >= 0.3 is 7.12 Å². The van der Waals surface area contributed by atoms with Gasteiger partial charge in [0.2, 0.25) is 0 Å². The Hall–Kier alpha value is -0.425. The first kappa shape index (κ1) is 14.0. The summed E-state index contributed by atoms with van der Waals surface area (Å²) in [5.41, 5.74) is 6.36. The van der Waals surface area contributed by atoms with E-state index in [2.05, 4.69) is 20.9 Å². The van der Waals surface area contributed by atoms with E-state index in [0.29, 0.717) is 0 Å². The molecule has 1 saturated heterocycles. The summed E-state index contributed by atoms with van der Waals surface area (Å²) in [7, 11) is -0.446. The number of nitrogens with zero attached hydrogens (tertiary/aromatic N) is 1. The molecule has 0 bridgehead atoms. The van der Waals surface area contributed by atoms with Crippen LogP contribution in [0, 0.1) is 0 Å². The quantitative estimate of drug-likeness (QED) is 0.673. The Morgan fingerprint density at radius 1 is 1.22 bits per heavy atom. The highest BCUT2D eigenvalue weighted by Crippen LogP contribution is 2.39. The van der Waals surface area contributed by atoms with E-state index in [1.165, 1.54) is 0 Å². The third kappa shape index (κ3) is 2.47. The first-order valence-corrected chi connectivity index (χ1v) is 6.75. The Balaban J connectivity index is 2.17. The van der Waals surface area contributed by atoms with E-state index >= 15 is 0 Å².